The highest BCUT2D eigenvalue weighted by molar-refractivity contribution is 7.09. The van der Waals surface area contributed by atoms with Crippen molar-refractivity contribution in [2.24, 2.45) is 5.92 Å². The van der Waals surface area contributed by atoms with Gasteiger partial charge < -0.3 is 10.0 Å². The number of rotatable bonds is 8. The molecule has 1 saturated carbocycles. The minimum Gasteiger partial charge on any atom is -0.396 e. The van der Waals surface area contributed by atoms with Crippen LogP contribution in [0.4, 0.5) is 0 Å². The molecular weight excluding hydrogens is 304 g/mol. The zero-order chi connectivity index (χ0) is 15.9. The molecule has 1 aliphatic carbocycles. The monoisotopic (exact) mass is 336 g/mol. The van der Waals surface area contributed by atoms with Gasteiger partial charge in [-0.3, -0.25) is 4.90 Å². The van der Waals surface area contributed by atoms with Crippen molar-refractivity contribution in [2.75, 3.05) is 32.8 Å². The van der Waals surface area contributed by atoms with Crippen LogP contribution in [-0.4, -0.2) is 53.7 Å². The van der Waals surface area contributed by atoms with Crippen molar-refractivity contribution in [2.45, 2.75) is 57.5 Å². The lowest BCUT2D eigenvalue weighted by Crippen LogP contribution is -2.53. The van der Waals surface area contributed by atoms with Crippen molar-refractivity contribution >= 4 is 11.3 Å². The molecule has 1 aromatic heterocycles. The van der Waals surface area contributed by atoms with E-state index in [9.17, 15) is 5.11 Å². The van der Waals surface area contributed by atoms with Crippen LogP contribution in [0.3, 0.4) is 0 Å². The lowest BCUT2D eigenvalue weighted by Gasteiger charge is -2.41. The molecule has 1 unspecified atom stereocenters. The summed E-state index contributed by atoms with van der Waals surface area (Å²) in [7, 11) is 0. The summed E-state index contributed by atoms with van der Waals surface area (Å²) in [5, 5.41) is 11.6. The first kappa shape index (κ1) is 17.4. The molecule has 4 heteroatoms. The number of aliphatic hydroxyl groups excluding tert-OH is 1. The van der Waals surface area contributed by atoms with E-state index in [4.69, 9.17) is 0 Å². The largest absolute Gasteiger partial charge is 0.396 e. The molecule has 23 heavy (non-hydrogen) atoms. The molecule has 1 atom stereocenters. The molecule has 0 bridgehead atoms. The van der Waals surface area contributed by atoms with Crippen LogP contribution in [0, 0.1) is 5.92 Å². The van der Waals surface area contributed by atoms with E-state index in [-0.39, 0.29) is 0 Å². The van der Waals surface area contributed by atoms with Crippen molar-refractivity contribution in [3.8, 4) is 0 Å². The van der Waals surface area contributed by atoms with E-state index < -0.39 is 0 Å². The molecule has 1 N–H and O–H groups in total. The number of hydrogen-bond donors (Lipinski definition) is 1. The Balaban J connectivity index is 1.43. The predicted molar refractivity (Wildman–Crippen MR) is 97.9 cm³/mol. The molecule has 1 aromatic rings. The second-order valence-electron chi connectivity index (χ2n) is 7.31. The fourth-order valence-electron chi connectivity index (χ4n) is 4.30. The summed E-state index contributed by atoms with van der Waals surface area (Å²) >= 11 is 1.85. The van der Waals surface area contributed by atoms with Crippen LogP contribution in [0.5, 0.6) is 0 Å². The third kappa shape index (κ3) is 5.28. The third-order valence-corrected chi connectivity index (χ3v) is 6.51. The maximum absolute atomic E-state index is 9.43. The van der Waals surface area contributed by atoms with Crippen LogP contribution >= 0.6 is 11.3 Å². The van der Waals surface area contributed by atoms with E-state index in [2.05, 4.69) is 27.3 Å². The van der Waals surface area contributed by atoms with Crippen LogP contribution in [0.2, 0.25) is 0 Å². The van der Waals surface area contributed by atoms with Gasteiger partial charge in [-0.15, -0.1) is 11.3 Å². The number of nitrogens with zero attached hydrogens (tertiary/aromatic N) is 2. The lowest BCUT2D eigenvalue weighted by atomic mass is 10.0. The topological polar surface area (TPSA) is 26.7 Å². The second kappa shape index (κ2) is 9.16. The van der Waals surface area contributed by atoms with Crippen LogP contribution in [0.15, 0.2) is 17.5 Å². The first-order valence-electron chi connectivity index (χ1n) is 9.45. The fourth-order valence-corrected chi connectivity index (χ4v) is 5.03. The average Bonchev–Trinajstić information content (AvgIpc) is 3.24. The molecule has 1 aliphatic heterocycles. The Morgan fingerprint density at radius 3 is 2.78 bits per heavy atom. The van der Waals surface area contributed by atoms with E-state index >= 15 is 0 Å². The SMILES string of the molecule is OCCC1CN(CCCC2CCCC2)CCN1Cc1cccs1. The van der Waals surface area contributed by atoms with Gasteiger partial charge in [-0.25, -0.2) is 0 Å². The molecule has 2 fully saturated rings. The minimum atomic E-state index is 0.307. The zero-order valence-electron chi connectivity index (χ0n) is 14.3. The molecule has 0 amide bonds. The summed E-state index contributed by atoms with van der Waals surface area (Å²) in [6.45, 7) is 6.09. The lowest BCUT2D eigenvalue weighted by molar-refractivity contribution is 0.0531. The van der Waals surface area contributed by atoms with Gasteiger partial charge in [-0.05, 0) is 43.2 Å². The smallest absolute Gasteiger partial charge is 0.0446 e. The number of piperazine rings is 1. The zero-order valence-corrected chi connectivity index (χ0v) is 15.1. The van der Waals surface area contributed by atoms with E-state index in [1.165, 1.54) is 56.5 Å². The summed E-state index contributed by atoms with van der Waals surface area (Å²) in [4.78, 5) is 6.66. The Morgan fingerprint density at radius 1 is 1.17 bits per heavy atom. The van der Waals surface area contributed by atoms with Crippen LogP contribution in [-0.2, 0) is 6.54 Å². The van der Waals surface area contributed by atoms with Crippen molar-refractivity contribution in [3.05, 3.63) is 22.4 Å². The van der Waals surface area contributed by atoms with Gasteiger partial charge in [0.25, 0.3) is 0 Å². The van der Waals surface area contributed by atoms with Gasteiger partial charge in [0.2, 0.25) is 0 Å². The fraction of sp³-hybridized carbons (Fsp3) is 0.789. The van der Waals surface area contributed by atoms with Gasteiger partial charge in [0.1, 0.15) is 0 Å². The Bertz CT molecular complexity index is 431. The molecule has 3 rings (SSSR count). The molecule has 130 valence electrons. The number of hydrogen-bond acceptors (Lipinski definition) is 4. The summed E-state index contributed by atoms with van der Waals surface area (Å²) in [5.74, 6) is 1.02. The van der Waals surface area contributed by atoms with Crippen LogP contribution in [0.1, 0.15) is 49.8 Å². The van der Waals surface area contributed by atoms with E-state index in [0.29, 0.717) is 12.6 Å². The first-order chi connectivity index (χ1) is 11.3. The number of thiophene rings is 1. The van der Waals surface area contributed by atoms with Gasteiger partial charge in [0, 0.05) is 43.7 Å². The number of aliphatic hydroxyl groups is 1. The Hall–Kier alpha value is -0.420. The molecule has 0 radical (unpaired) electrons. The van der Waals surface area contributed by atoms with E-state index in [1.807, 2.05) is 11.3 Å². The quantitative estimate of drug-likeness (QED) is 0.786. The van der Waals surface area contributed by atoms with Gasteiger partial charge in [0.05, 0.1) is 0 Å². The molecule has 1 saturated heterocycles. The van der Waals surface area contributed by atoms with Crippen LogP contribution < -0.4 is 0 Å². The summed E-state index contributed by atoms with van der Waals surface area (Å²) in [6.07, 6.45) is 9.57. The van der Waals surface area contributed by atoms with Crippen molar-refractivity contribution in [1.29, 1.82) is 0 Å². The van der Waals surface area contributed by atoms with Crippen molar-refractivity contribution in [1.82, 2.24) is 9.80 Å². The second-order valence-corrected chi connectivity index (χ2v) is 8.34. The minimum absolute atomic E-state index is 0.307. The molecule has 0 aromatic carbocycles. The average molecular weight is 337 g/mol. The normalized spacial score (nSPS) is 24.5. The Labute approximate surface area is 145 Å². The standard InChI is InChI=1S/C19H32N2OS/c22-13-9-18-15-20(10-3-7-17-5-1-2-6-17)11-12-21(18)16-19-8-4-14-23-19/h4,8,14,17-18,22H,1-3,5-7,9-13,15-16H2. The highest BCUT2D eigenvalue weighted by Crippen LogP contribution is 2.28. The highest BCUT2D eigenvalue weighted by atomic mass is 32.1. The first-order valence-corrected chi connectivity index (χ1v) is 10.3. The summed E-state index contributed by atoms with van der Waals surface area (Å²) < 4.78 is 0. The molecular formula is C19H32N2OS. The maximum Gasteiger partial charge on any atom is 0.0446 e. The van der Waals surface area contributed by atoms with Crippen LogP contribution in [0.25, 0.3) is 0 Å². The summed E-state index contributed by atoms with van der Waals surface area (Å²) in [5.41, 5.74) is 0. The Kier molecular flexibility index (Phi) is 6.94. The van der Waals surface area contributed by atoms with Gasteiger partial charge >= 0.3 is 0 Å². The molecule has 0 spiro atoms. The van der Waals surface area contributed by atoms with Gasteiger partial charge in [-0.2, -0.15) is 0 Å². The predicted octanol–water partition coefficient (Wildman–Crippen LogP) is 3.59. The van der Waals surface area contributed by atoms with Gasteiger partial charge in [0.15, 0.2) is 0 Å². The van der Waals surface area contributed by atoms with Crippen molar-refractivity contribution in [3.63, 3.8) is 0 Å². The molecule has 2 aliphatic rings. The molecule has 3 nitrogen and oxygen atoms in total. The van der Waals surface area contributed by atoms with E-state index in [1.54, 1.807) is 0 Å². The Morgan fingerprint density at radius 2 is 2.04 bits per heavy atom. The van der Waals surface area contributed by atoms with Gasteiger partial charge in [-0.1, -0.05) is 31.7 Å². The maximum atomic E-state index is 9.43. The third-order valence-electron chi connectivity index (χ3n) is 5.65. The summed E-state index contributed by atoms with van der Waals surface area (Å²) in [6, 6.07) is 4.89. The highest BCUT2D eigenvalue weighted by Gasteiger charge is 2.26. The molecule has 2 heterocycles. The van der Waals surface area contributed by atoms with Crippen molar-refractivity contribution < 1.29 is 5.11 Å². The van der Waals surface area contributed by atoms with E-state index in [0.717, 1.165) is 32.0 Å².